The number of aromatic nitrogens is 1. The third-order valence-electron chi connectivity index (χ3n) is 6.32. The molecule has 1 aliphatic rings. The summed E-state index contributed by atoms with van der Waals surface area (Å²) in [5.41, 5.74) is 2.12. The number of benzene rings is 1. The van der Waals surface area contributed by atoms with Gasteiger partial charge in [0.1, 0.15) is 16.5 Å². The van der Waals surface area contributed by atoms with Crippen LogP contribution in [0.25, 0.3) is 10.2 Å². The number of hydrogen-bond donors (Lipinski definition) is 1. The van der Waals surface area contributed by atoms with Gasteiger partial charge in [-0.05, 0) is 63.3 Å². The smallest absolute Gasteiger partial charge is 0.341 e. The zero-order valence-electron chi connectivity index (χ0n) is 23.3. The number of sulfone groups is 1. The summed E-state index contributed by atoms with van der Waals surface area (Å²) in [7, 11) is -4.20. The summed E-state index contributed by atoms with van der Waals surface area (Å²) in [6.45, 7) is 7.78. The fraction of sp³-hybridized carbons (Fsp3) is 0.393. The SMILES string of the molecule is C=CCn1c(=NC(=O)CS(=O)(=O)CC(=O)Nc2sc3c(c2C(=O)OCC)CCCC3)sc2cc(C(=O)OCC)ccc21. The number of thiophene rings is 1. The van der Waals surface area contributed by atoms with Gasteiger partial charge in [0.25, 0.3) is 5.91 Å². The Bertz CT molecular complexity index is 1730. The number of anilines is 1. The molecular weight excluding hydrogens is 603 g/mol. The van der Waals surface area contributed by atoms with Crippen molar-refractivity contribution in [3.8, 4) is 0 Å². The van der Waals surface area contributed by atoms with Crippen LogP contribution in [0.3, 0.4) is 0 Å². The molecular formula is C28H31N3O8S3. The van der Waals surface area contributed by atoms with Crippen molar-refractivity contribution in [2.75, 3.05) is 30.0 Å². The van der Waals surface area contributed by atoms with Gasteiger partial charge in [0.05, 0.1) is 34.6 Å². The van der Waals surface area contributed by atoms with Crippen LogP contribution >= 0.6 is 22.7 Å². The maximum Gasteiger partial charge on any atom is 0.341 e. The van der Waals surface area contributed by atoms with Crippen molar-refractivity contribution in [1.29, 1.82) is 0 Å². The molecule has 0 aliphatic heterocycles. The minimum atomic E-state index is -4.20. The van der Waals surface area contributed by atoms with Crippen molar-refractivity contribution in [3.63, 3.8) is 0 Å². The lowest BCUT2D eigenvalue weighted by molar-refractivity contribution is -0.115. The van der Waals surface area contributed by atoms with E-state index in [2.05, 4.69) is 16.9 Å². The van der Waals surface area contributed by atoms with Gasteiger partial charge in [-0.3, -0.25) is 9.59 Å². The predicted octanol–water partition coefficient (Wildman–Crippen LogP) is 3.66. The molecule has 14 heteroatoms. The minimum Gasteiger partial charge on any atom is -0.462 e. The Morgan fingerprint density at radius 2 is 1.76 bits per heavy atom. The van der Waals surface area contributed by atoms with Gasteiger partial charge in [0.2, 0.25) is 5.91 Å². The first-order valence-corrected chi connectivity index (χ1v) is 16.8. The summed E-state index contributed by atoms with van der Waals surface area (Å²) in [6.07, 6.45) is 4.91. The molecule has 1 N–H and O–H groups in total. The number of nitrogens with one attached hydrogen (secondary N) is 1. The number of carbonyl (C=O) groups excluding carboxylic acids is 4. The van der Waals surface area contributed by atoms with Gasteiger partial charge >= 0.3 is 11.9 Å². The number of esters is 2. The maximum atomic E-state index is 12.8. The number of aryl methyl sites for hydroxylation is 1. The Labute approximate surface area is 250 Å². The molecule has 0 fully saturated rings. The standard InChI is InChI=1S/C28H31N3O8S3/c1-4-13-31-19-12-11-17(26(34)38-5-2)14-21(19)41-28(31)30-23(33)16-42(36,37)15-22(32)29-25-24(27(35)39-6-3)18-9-7-8-10-20(18)40-25/h4,11-12,14H,1,5-10,13,15-16H2,2-3H3,(H,29,32). The van der Waals surface area contributed by atoms with E-state index < -0.39 is 45.1 Å². The van der Waals surface area contributed by atoms with Crippen LogP contribution in [0.2, 0.25) is 0 Å². The van der Waals surface area contributed by atoms with Crippen molar-refractivity contribution in [3.05, 3.63) is 57.2 Å². The number of hydrogen-bond acceptors (Lipinski definition) is 10. The Balaban J connectivity index is 1.52. The van der Waals surface area contributed by atoms with Crippen molar-refractivity contribution in [1.82, 2.24) is 4.57 Å². The molecule has 2 amide bonds. The molecule has 0 bridgehead atoms. The van der Waals surface area contributed by atoms with Crippen LogP contribution in [0, 0.1) is 0 Å². The zero-order chi connectivity index (χ0) is 30.4. The van der Waals surface area contributed by atoms with E-state index in [-0.39, 0.29) is 35.1 Å². The van der Waals surface area contributed by atoms with Gasteiger partial charge in [-0.2, -0.15) is 4.99 Å². The highest BCUT2D eigenvalue weighted by Gasteiger charge is 2.29. The normalized spacial score (nSPS) is 13.4. The third-order valence-corrected chi connectivity index (χ3v) is 9.96. The second kappa shape index (κ2) is 13.6. The molecule has 11 nitrogen and oxygen atoms in total. The molecule has 2 heterocycles. The maximum absolute atomic E-state index is 12.8. The van der Waals surface area contributed by atoms with Gasteiger partial charge in [-0.15, -0.1) is 17.9 Å². The second-order valence-electron chi connectivity index (χ2n) is 9.41. The number of thiazole rings is 1. The Morgan fingerprint density at radius 3 is 2.48 bits per heavy atom. The second-order valence-corrected chi connectivity index (χ2v) is 13.6. The monoisotopic (exact) mass is 633 g/mol. The van der Waals surface area contributed by atoms with Crippen LogP contribution in [0.4, 0.5) is 5.00 Å². The molecule has 0 saturated carbocycles. The first-order valence-electron chi connectivity index (χ1n) is 13.4. The molecule has 4 rings (SSSR count). The zero-order valence-corrected chi connectivity index (χ0v) is 25.7. The van der Waals surface area contributed by atoms with Crippen LogP contribution in [0.5, 0.6) is 0 Å². The topological polar surface area (TPSA) is 150 Å². The molecule has 0 spiro atoms. The number of fused-ring (bicyclic) bond motifs is 2. The van der Waals surface area contributed by atoms with Crippen molar-refractivity contribution < 1.29 is 37.1 Å². The third kappa shape index (κ3) is 7.23. The summed E-state index contributed by atoms with van der Waals surface area (Å²) in [5.74, 6) is -4.80. The van der Waals surface area contributed by atoms with E-state index in [4.69, 9.17) is 9.47 Å². The van der Waals surface area contributed by atoms with E-state index >= 15 is 0 Å². The van der Waals surface area contributed by atoms with Gasteiger partial charge in [0.15, 0.2) is 14.6 Å². The van der Waals surface area contributed by atoms with Gasteiger partial charge < -0.3 is 19.4 Å². The lowest BCUT2D eigenvalue weighted by Crippen LogP contribution is -2.28. The Kier molecular flexibility index (Phi) is 10.1. The van der Waals surface area contributed by atoms with Crippen molar-refractivity contribution >= 4 is 71.5 Å². The number of rotatable bonds is 11. The number of allylic oxidation sites excluding steroid dienone is 1. The molecule has 42 heavy (non-hydrogen) atoms. The molecule has 1 aromatic carbocycles. The van der Waals surface area contributed by atoms with Crippen LogP contribution < -0.4 is 10.1 Å². The Morgan fingerprint density at radius 1 is 1.05 bits per heavy atom. The highest BCUT2D eigenvalue weighted by atomic mass is 32.2. The number of nitrogens with zero attached hydrogens (tertiary/aromatic N) is 2. The van der Waals surface area contributed by atoms with Gasteiger partial charge in [-0.1, -0.05) is 17.4 Å². The lowest BCUT2D eigenvalue weighted by atomic mass is 9.95. The highest BCUT2D eigenvalue weighted by Crippen LogP contribution is 2.38. The summed E-state index contributed by atoms with van der Waals surface area (Å²) >= 11 is 2.36. The van der Waals surface area contributed by atoms with E-state index in [0.29, 0.717) is 22.2 Å². The lowest BCUT2D eigenvalue weighted by Gasteiger charge is -2.12. The molecule has 0 unspecified atom stereocenters. The largest absolute Gasteiger partial charge is 0.462 e. The van der Waals surface area contributed by atoms with E-state index in [9.17, 15) is 27.6 Å². The van der Waals surface area contributed by atoms with Gasteiger partial charge in [-0.25, -0.2) is 18.0 Å². The van der Waals surface area contributed by atoms with Crippen LogP contribution in [0.15, 0.2) is 35.8 Å². The van der Waals surface area contributed by atoms with Crippen molar-refractivity contribution in [2.24, 2.45) is 4.99 Å². The number of carbonyl (C=O) groups is 4. The first kappa shape index (κ1) is 31.3. The summed E-state index contributed by atoms with van der Waals surface area (Å²) in [5, 5.41) is 2.82. The number of ether oxygens (including phenoxy) is 2. The van der Waals surface area contributed by atoms with Gasteiger partial charge in [0, 0.05) is 11.4 Å². The van der Waals surface area contributed by atoms with Crippen molar-refractivity contribution in [2.45, 2.75) is 46.1 Å². The molecule has 2 aromatic heterocycles. The van der Waals surface area contributed by atoms with Crippen LogP contribution in [-0.4, -0.2) is 61.5 Å². The molecule has 0 atom stereocenters. The van der Waals surface area contributed by atoms with E-state index in [1.807, 2.05) is 0 Å². The summed E-state index contributed by atoms with van der Waals surface area (Å²) in [6, 6.07) is 4.91. The fourth-order valence-corrected chi connectivity index (χ4v) is 8.02. The quantitative estimate of drug-likeness (QED) is 0.248. The van der Waals surface area contributed by atoms with E-state index in [1.54, 1.807) is 42.7 Å². The first-order chi connectivity index (χ1) is 20.1. The van der Waals surface area contributed by atoms with E-state index in [1.165, 1.54) is 11.3 Å². The highest BCUT2D eigenvalue weighted by molar-refractivity contribution is 7.92. The summed E-state index contributed by atoms with van der Waals surface area (Å²) in [4.78, 5) is 55.5. The van der Waals surface area contributed by atoms with Crippen LogP contribution in [0.1, 0.15) is 57.8 Å². The van der Waals surface area contributed by atoms with E-state index in [0.717, 1.165) is 41.0 Å². The molecule has 0 radical (unpaired) electrons. The summed E-state index contributed by atoms with van der Waals surface area (Å²) < 4.78 is 38.2. The van der Waals surface area contributed by atoms with Crippen LogP contribution in [-0.2, 0) is 48.3 Å². The molecule has 1 aliphatic carbocycles. The minimum absolute atomic E-state index is 0.163. The number of amides is 2. The average Bonchev–Trinajstić information content (AvgIpc) is 3.45. The Hall–Kier alpha value is -3.62. The molecule has 0 saturated heterocycles. The molecule has 3 aromatic rings. The predicted molar refractivity (Wildman–Crippen MR) is 161 cm³/mol. The molecule has 224 valence electrons. The average molecular weight is 634 g/mol. The fourth-order valence-electron chi connectivity index (χ4n) is 4.62.